The van der Waals surface area contributed by atoms with E-state index in [0.29, 0.717) is 11.3 Å². The molecule has 0 aliphatic carbocycles. The number of carbonyl (C=O) groups excluding carboxylic acids is 2. The van der Waals surface area contributed by atoms with Crippen LogP contribution in [0.2, 0.25) is 0 Å². The van der Waals surface area contributed by atoms with Crippen molar-refractivity contribution in [3.8, 4) is 0 Å². The predicted molar refractivity (Wildman–Crippen MR) is 82.1 cm³/mol. The van der Waals surface area contributed by atoms with Crippen molar-refractivity contribution in [2.45, 2.75) is 19.4 Å². The van der Waals surface area contributed by atoms with E-state index in [1.165, 1.54) is 9.89 Å². The number of fused-ring (bicyclic) bond motifs is 1. The highest BCUT2D eigenvalue weighted by Gasteiger charge is 2.53. The number of aliphatic hydroxyl groups is 1. The van der Waals surface area contributed by atoms with E-state index in [4.69, 9.17) is 4.74 Å². The summed E-state index contributed by atoms with van der Waals surface area (Å²) in [6, 6.07) is 5.29. The first-order valence-corrected chi connectivity index (χ1v) is 7.39. The van der Waals surface area contributed by atoms with E-state index in [0.717, 1.165) is 5.56 Å². The lowest BCUT2D eigenvalue weighted by atomic mass is 9.87. The van der Waals surface area contributed by atoms with Crippen LogP contribution in [0.4, 0.5) is 5.69 Å². The molecule has 0 radical (unpaired) electrons. The van der Waals surface area contributed by atoms with Crippen molar-refractivity contribution >= 4 is 33.5 Å². The van der Waals surface area contributed by atoms with Gasteiger partial charge in [-0.3, -0.25) is 4.79 Å². The van der Waals surface area contributed by atoms with E-state index < -0.39 is 17.5 Å². The molecule has 0 spiro atoms. The summed E-state index contributed by atoms with van der Waals surface area (Å²) >= 11 is 3.06. The average molecular weight is 354 g/mol. The second-order valence-corrected chi connectivity index (χ2v) is 5.30. The number of carbonyl (C=O) groups is 2. The largest absolute Gasteiger partial charge is 0.463 e. The Morgan fingerprint density at radius 2 is 2.19 bits per heavy atom. The molecule has 6 heteroatoms. The molecule has 21 heavy (non-hydrogen) atoms. The average Bonchev–Trinajstić information content (AvgIpc) is 2.63. The topological polar surface area (TPSA) is 66.8 Å². The number of rotatable bonds is 3. The van der Waals surface area contributed by atoms with Gasteiger partial charge in [0.2, 0.25) is 5.60 Å². The van der Waals surface area contributed by atoms with Gasteiger partial charge in [-0.1, -0.05) is 33.6 Å². The van der Waals surface area contributed by atoms with Crippen LogP contribution in [0.15, 0.2) is 28.8 Å². The summed E-state index contributed by atoms with van der Waals surface area (Å²) in [7, 11) is 1.56. The summed E-state index contributed by atoms with van der Waals surface area (Å²) in [4.78, 5) is 27.2. The lowest BCUT2D eigenvalue weighted by Crippen LogP contribution is -2.42. The second kappa shape index (κ2) is 5.61. The van der Waals surface area contributed by atoms with Crippen LogP contribution in [-0.4, -0.2) is 30.6 Å². The van der Waals surface area contributed by atoms with Crippen LogP contribution in [-0.2, 0) is 19.9 Å². The molecule has 1 aromatic rings. The minimum absolute atomic E-state index is 0.134. The van der Waals surface area contributed by atoms with Crippen molar-refractivity contribution < 1.29 is 19.4 Å². The fraction of sp³-hybridized carbons (Fsp3) is 0.333. The first-order chi connectivity index (χ1) is 9.87. The molecule has 1 aliphatic rings. The van der Waals surface area contributed by atoms with Gasteiger partial charge in [0.15, 0.2) is 0 Å². The third-order valence-electron chi connectivity index (χ3n) is 3.51. The standard InChI is InChI=1S/C15H16BrNO4/c1-4-21-13(18)11(8-16)15(20)10-7-9(2)5-6-12(10)17(3)14(15)19/h5-8,20H,4H2,1-3H3/b11-8+. The number of benzene rings is 1. The number of esters is 1. The number of nitrogens with zero attached hydrogens (tertiary/aromatic N) is 1. The molecule has 2 rings (SSSR count). The Balaban J connectivity index is 2.64. The van der Waals surface area contributed by atoms with Crippen molar-refractivity contribution in [1.29, 1.82) is 0 Å². The van der Waals surface area contributed by atoms with E-state index in [9.17, 15) is 14.7 Å². The molecular weight excluding hydrogens is 338 g/mol. The van der Waals surface area contributed by atoms with Crippen LogP contribution in [0.25, 0.3) is 0 Å². The van der Waals surface area contributed by atoms with Gasteiger partial charge >= 0.3 is 5.97 Å². The number of hydrogen-bond acceptors (Lipinski definition) is 4. The zero-order valence-corrected chi connectivity index (χ0v) is 13.6. The van der Waals surface area contributed by atoms with Crippen LogP contribution in [0.3, 0.4) is 0 Å². The molecule has 1 atom stereocenters. The third kappa shape index (κ3) is 2.28. The Bertz CT molecular complexity index is 641. The molecule has 0 fully saturated rings. The number of aryl methyl sites for hydroxylation is 1. The van der Waals surface area contributed by atoms with Crippen molar-refractivity contribution in [3.05, 3.63) is 39.9 Å². The maximum Gasteiger partial charge on any atom is 0.338 e. The summed E-state index contributed by atoms with van der Waals surface area (Å²) in [6.45, 7) is 3.67. The van der Waals surface area contributed by atoms with Crippen LogP contribution < -0.4 is 4.90 Å². The molecular formula is C15H16BrNO4. The van der Waals surface area contributed by atoms with Crippen molar-refractivity contribution in [2.24, 2.45) is 0 Å². The minimum Gasteiger partial charge on any atom is -0.463 e. The Kier molecular flexibility index (Phi) is 4.20. The minimum atomic E-state index is -2.04. The van der Waals surface area contributed by atoms with Crippen LogP contribution in [0.5, 0.6) is 0 Å². The van der Waals surface area contributed by atoms with E-state index in [-0.39, 0.29) is 12.2 Å². The lowest BCUT2D eigenvalue weighted by molar-refractivity contribution is -0.145. The number of likely N-dealkylation sites (N-methyl/N-ethyl adjacent to an activating group) is 1. The SMILES string of the molecule is CCOC(=O)/C(=C\Br)C1(O)C(=O)N(C)c2ccc(C)cc21. The van der Waals surface area contributed by atoms with Gasteiger partial charge in [0.05, 0.1) is 17.9 Å². The monoisotopic (exact) mass is 353 g/mol. The van der Waals surface area contributed by atoms with E-state index >= 15 is 0 Å². The number of amides is 1. The van der Waals surface area contributed by atoms with E-state index in [1.54, 1.807) is 26.1 Å². The van der Waals surface area contributed by atoms with Crippen molar-refractivity contribution in [3.63, 3.8) is 0 Å². The van der Waals surface area contributed by atoms with Crippen LogP contribution >= 0.6 is 15.9 Å². The summed E-state index contributed by atoms with van der Waals surface area (Å²) in [5.74, 6) is -1.31. The van der Waals surface area contributed by atoms with E-state index in [1.807, 2.05) is 13.0 Å². The van der Waals surface area contributed by atoms with Crippen LogP contribution in [0, 0.1) is 6.92 Å². The van der Waals surface area contributed by atoms with Gasteiger partial charge in [-0.05, 0) is 24.9 Å². The molecule has 0 saturated heterocycles. The Morgan fingerprint density at radius 3 is 2.76 bits per heavy atom. The molecule has 112 valence electrons. The quantitative estimate of drug-likeness (QED) is 0.666. The van der Waals surface area contributed by atoms with Crippen molar-refractivity contribution in [1.82, 2.24) is 0 Å². The Labute approximate surface area is 131 Å². The zero-order chi connectivity index (χ0) is 15.8. The molecule has 1 unspecified atom stereocenters. The number of halogens is 1. The smallest absolute Gasteiger partial charge is 0.338 e. The molecule has 0 aromatic heterocycles. The molecule has 1 heterocycles. The highest BCUT2D eigenvalue weighted by atomic mass is 79.9. The molecule has 5 nitrogen and oxygen atoms in total. The van der Waals surface area contributed by atoms with Gasteiger partial charge in [-0.25, -0.2) is 4.79 Å². The molecule has 1 aromatic carbocycles. The number of ether oxygens (including phenoxy) is 1. The maximum atomic E-state index is 12.5. The van der Waals surface area contributed by atoms with Crippen molar-refractivity contribution in [2.75, 3.05) is 18.6 Å². The number of anilines is 1. The molecule has 1 aliphatic heterocycles. The summed E-state index contributed by atoms with van der Waals surface area (Å²) in [6.07, 6.45) is 0. The van der Waals surface area contributed by atoms with Gasteiger partial charge in [-0.15, -0.1) is 0 Å². The molecule has 1 amide bonds. The fourth-order valence-corrected chi connectivity index (χ4v) is 2.96. The first-order valence-electron chi connectivity index (χ1n) is 6.47. The molecule has 0 saturated carbocycles. The van der Waals surface area contributed by atoms with E-state index in [2.05, 4.69) is 15.9 Å². The number of hydrogen-bond donors (Lipinski definition) is 1. The van der Waals surface area contributed by atoms with Gasteiger partial charge in [-0.2, -0.15) is 0 Å². The molecule has 1 N–H and O–H groups in total. The summed E-state index contributed by atoms with van der Waals surface area (Å²) in [5, 5.41) is 11.0. The highest BCUT2D eigenvalue weighted by molar-refractivity contribution is 9.11. The fourth-order valence-electron chi connectivity index (χ4n) is 2.44. The second-order valence-electron chi connectivity index (χ2n) is 4.84. The highest BCUT2D eigenvalue weighted by Crippen LogP contribution is 2.44. The Morgan fingerprint density at radius 1 is 1.52 bits per heavy atom. The summed E-state index contributed by atoms with van der Waals surface area (Å²) < 4.78 is 4.93. The normalized spacial score (nSPS) is 21.5. The van der Waals surface area contributed by atoms with Crippen LogP contribution in [0.1, 0.15) is 18.1 Å². The maximum absolute atomic E-state index is 12.5. The predicted octanol–water partition coefficient (Wildman–Crippen LogP) is 2.00. The van der Waals surface area contributed by atoms with Gasteiger partial charge in [0.1, 0.15) is 0 Å². The molecule has 0 bridgehead atoms. The summed E-state index contributed by atoms with van der Waals surface area (Å²) in [5.41, 5.74) is -0.331. The van der Waals surface area contributed by atoms with Gasteiger partial charge < -0.3 is 14.7 Å². The zero-order valence-electron chi connectivity index (χ0n) is 12.0. The van der Waals surface area contributed by atoms with Gasteiger partial charge in [0, 0.05) is 12.6 Å². The van der Waals surface area contributed by atoms with Gasteiger partial charge in [0.25, 0.3) is 5.91 Å². The lowest BCUT2D eigenvalue weighted by Gasteiger charge is -2.23. The third-order valence-corrected chi connectivity index (χ3v) is 3.97. The first kappa shape index (κ1) is 15.7. The Hall–Kier alpha value is -1.66.